The highest BCUT2D eigenvalue weighted by molar-refractivity contribution is 6.17. The van der Waals surface area contributed by atoms with Crippen LogP contribution in [-0.4, -0.2) is 25.4 Å². The first-order chi connectivity index (χ1) is 11.5. The molecule has 1 aromatic carbocycles. The van der Waals surface area contributed by atoms with Crippen molar-refractivity contribution in [3.8, 4) is 11.5 Å². The van der Waals surface area contributed by atoms with Crippen LogP contribution in [0.15, 0.2) is 21.7 Å². The van der Waals surface area contributed by atoms with E-state index in [9.17, 15) is 9.59 Å². The summed E-state index contributed by atoms with van der Waals surface area (Å²) in [5.41, 5.74) is 2.88. The van der Waals surface area contributed by atoms with E-state index in [4.69, 9.17) is 11.6 Å². The molecule has 7 heteroatoms. The summed E-state index contributed by atoms with van der Waals surface area (Å²) in [6.45, 7) is 4.19. The van der Waals surface area contributed by atoms with Gasteiger partial charge in [0.05, 0.1) is 11.0 Å². The van der Waals surface area contributed by atoms with Gasteiger partial charge in [0.15, 0.2) is 11.5 Å². The van der Waals surface area contributed by atoms with Gasteiger partial charge in [0, 0.05) is 12.9 Å². The molecule has 0 aromatic heterocycles. The van der Waals surface area contributed by atoms with Crippen LogP contribution in [0.3, 0.4) is 0 Å². The van der Waals surface area contributed by atoms with E-state index in [0.29, 0.717) is 17.3 Å². The lowest BCUT2D eigenvalue weighted by Crippen LogP contribution is -2.28. The van der Waals surface area contributed by atoms with Crippen LogP contribution in [0.1, 0.15) is 36.8 Å². The summed E-state index contributed by atoms with van der Waals surface area (Å²) in [4.78, 5) is 34.1. The maximum absolute atomic E-state index is 12.1. The number of hydrogen-bond acceptors (Lipinski definition) is 4. The third kappa shape index (κ3) is 2.71. The summed E-state index contributed by atoms with van der Waals surface area (Å²) < 4.78 is 1.74. The number of nitrogens with one attached hydrogen (secondary N) is 1. The first kappa shape index (κ1) is 16.6. The van der Waals surface area contributed by atoms with Gasteiger partial charge in [-0.25, -0.2) is 9.78 Å². The Morgan fingerprint density at radius 1 is 1.29 bits per heavy atom. The Labute approximate surface area is 143 Å². The highest BCUT2D eigenvalue weighted by atomic mass is 35.5. The molecule has 0 saturated heterocycles. The molecule has 6 nitrogen and oxygen atoms in total. The molecule has 0 fully saturated rings. The Hall–Kier alpha value is -2.21. The molecule has 126 valence electrons. The average molecular weight is 347 g/mol. The molecule has 2 heterocycles. The number of H-pyrrole nitrogens is 1. The van der Waals surface area contributed by atoms with Crippen molar-refractivity contribution in [3.63, 3.8) is 0 Å². The van der Waals surface area contributed by atoms with Gasteiger partial charge >= 0.3 is 5.69 Å². The second-order valence-corrected chi connectivity index (χ2v) is 6.37. The lowest BCUT2D eigenvalue weighted by molar-refractivity contribution is 0.642. The van der Waals surface area contributed by atoms with Gasteiger partial charge in [-0.15, -0.1) is 11.6 Å². The highest BCUT2D eigenvalue weighted by Gasteiger charge is 2.19. The van der Waals surface area contributed by atoms with E-state index in [0.717, 1.165) is 23.9 Å². The quantitative estimate of drug-likeness (QED) is 0.581. The Bertz CT molecular complexity index is 992. The monoisotopic (exact) mass is 346 g/mol. The Morgan fingerprint density at radius 2 is 2.04 bits per heavy atom. The molecule has 0 bridgehead atoms. The maximum atomic E-state index is 12.1. The molecular formula is C17H19ClN4O2. The Kier molecular flexibility index (Phi) is 4.41. The first-order valence-corrected chi connectivity index (χ1v) is 8.47. The molecule has 2 aliphatic rings. The van der Waals surface area contributed by atoms with E-state index < -0.39 is 11.2 Å². The predicted molar refractivity (Wildman–Crippen MR) is 95.1 cm³/mol. The van der Waals surface area contributed by atoms with Crippen molar-refractivity contribution in [2.45, 2.75) is 32.6 Å². The Balaban J connectivity index is 2.35. The number of benzene rings is 1. The lowest BCUT2D eigenvalue weighted by atomic mass is 9.90. The van der Waals surface area contributed by atoms with E-state index in [1.54, 1.807) is 11.6 Å². The summed E-state index contributed by atoms with van der Waals surface area (Å²) in [5, 5.41) is 0. The largest absolute Gasteiger partial charge is 0.349 e. The van der Waals surface area contributed by atoms with Gasteiger partial charge < -0.3 is 4.57 Å². The van der Waals surface area contributed by atoms with Crippen molar-refractivity contribution >= 4 is 22.6 Å². The highest BCUT2D eigenvalue weighted by Crippen LogP contribution is 2.30. The van der Waals surface area contributed by atoms with E-state index in [1.165, 1.54) is 5.56 Å². The molecule has 0 radical (unpaired) electrons. The van der Waals surface area contributed by atoms with Gasteiger partial charge in [0.2, 0.25) is 0 Å². The van der Waals surface area contributed by atoms with E-state index in [-0.39, 0.29) is 11.5 Å². The fourth-order valence-electron chi connectivity index (χ4n) is 3.21. The van der Waals surface area contributed by atoms with E-state index in [2.05, 4.69) is 28.8 Å². The van der Waals surface area contributed by atoms with Crippen LogP contribution >= 0.6 is 11.6 Å². The molecule has 0 amide bonds. The average Bonchev–Trinajstić information content (AvgIpc) is 2.54. The molecule has 2 aliphatic heterocycles. The topological polar surface area (TPSA) is 80.6 Å². The van der Waals surface area contributed by atoms with E-state index >= 15 is 0 Å². The number of alkyl halides is 1. The predicted octanol–water partition coefficient (Wildman–Crippen LogP) is 2.55. The number of aromatic nitrogens is 4. The third-order valence-corrected chi connectivity index (χ3v) is 4.74. The number of hydrogen-bond donors (Lipinski definition) is 1. The normalized spacial score (nSPS) is 12.8. The smallest absolute Gasteiger partial charge is 0.325 e. The van der Waals surface area contributed by atoms with Crippen LogP contribution in [0.25, 0.3) is 22.6 Å². The summed E-state index contributed by atoms with van der Waals surface area (Å²) in [6.07, 6.45) is 1.88. The van der Waals surface area contributed by atoms with Crippen molar-refractivity contribution in [2.75, 3.05) is 5.88 Å². The molecule has 0 spiro atoms. The van der Waals surface area contributed by atoms with Crippen LogP contribution in [-0.2, 0) is 7.05 Å². The molecule has 24 heavy (non-hydrogen) atoms. The van der Waals surface area contributed by atoms with Crippen LogP contribution in [0.4, 0.5) is 0 Å². The minimum atomic E-state index is -0.661. The number of aryl methyl sites for hydroxylation is 2. The fraction of sp³-hybridized carbons (Fsp3) is 0.412. The van der Waals surface area contributed by atoms with Gasteiger partial charge in [0.1, 0.15) is 0 Å². The van der Waals surface area contributed by atoms with Gasteiger partial charge in [-0.3, -0.25) is 9.78 Å². The summed E-state index contributed by atoms with van der Waals surface area (Å²) in [5.74, 6) is 1.25. The summed E-state index contributed by atoms with van der Waals surface area (Å²) in [6, 6.07) is 4.05. The molecule has 1 N–H and O–H groups in total. The van der Waals surface area contributed by atoms with Crippen LogP contribution in [0, 0.1) is 6.92 Å². The standard InChI is InChI=1S/C17H19ClN4O2/c1-4-10(5-6-18)11-8-12-13(7-9(11)2)22(3)15-14(19-12)16(23)21-17(24)20-15/h7-8,10H,4-6H2,1-3H3,(H,21,23,24). The number of aromatic amines is 1. The second-order valence-electron chi connectivity index (χ2n) is 5.99. The van der Waals surface area contributed by atoms with Gasteiger partial charge in [-0.2, -0.15) is 4.98 Å². The number of rotatable bonds is 4. The third-order valence-electron chi connectivity index (χ3n) is 4.52. The van der Waals surface area contributed by atoms with Crippen molar-refractivity contribution in [1.29, 1.82) is 0 Å². The zero-order valence-corrected chi connectivity index (χ0v) is 14.6. The molecule has 1 aromatic rings. The summed E-state index contributed by atoms with van der Waals surface area (Å²) in [7, 11) is 1.79. The minimum absolute atomic E-state index is 0.171. The number of nitrogens with zero attached hydrogens (tertiary/aromatic N) is 3. The zero-order valence-electron chi connectivity index (χ0n) is 13.9. The van der Waals surface area contributed by atoms with Crippen LogP contribution < -0.4 is 11.2 Å². The second kappa shape index (κ2) is 6.36. The summed E-state index contributed by atoms with van der Waals surface area (Å²) >= 11 is 5.93. The molecule has 0 saturated carbocycles. The lowest BCUT2D eigenvalue weighted by Gasteiger charge is -2.19. The Morgan fingerprint density at radius 3 is 2.71 bits per heavy atom. The molecular weight excluding hydrogens is 328 g/mol. The van der Waals surface area contributed by atoms with Crippen molar-refractivity contribution < 1.29 is 0 Å². The zero-order chi connectivity index (χ0) is 17.4. The van der Waals surface area contributed by atoms with Gasteiger partial charge in [0.25, 0.3) is 5.56 Å². The van der Waals surface area contributed by atoms with Crippen LogP contribution in [0.5, 0.6) is 0 Å². The van der Waals surface area contributed by atoms with Gasteiger partial charge in [-0.1, -0.05) is 6.92 Å². The van der Waals surface area contributed by atoms with Crippen LogP contribution in [0.2, 0.25) is 0 Å². The SMILES string of the molecule is CCC(CCCl)c1cc2nc3c(=O)[nH]c(=O)nc-3n(C)c2cc1C. The van der Waals surface area contributed by atoms with Crippen molar-refractivity contribution in [1.82, 2.24) is 19.5 Å². The number of halogens is 1. The molecule has 1 atom stereocenters. The fourth-order valence-corrected chi connectivity index (χ4v) is 3.47. The minimum Gasteiger partial charge on any atom is -0.325 e. The van der Waals surface area contributed by atoms with Crippen molar-refractivity contribution in [2.24, 2.45) is 7.05 Å². The van der Waals surface area contributed by atoms with Crippen molar-refractivity contribution in [3.05, 3.63) is 44.1 Å². The molecule has 0 aliphatic carbocycles. The maximum Gasteiger partial charge on any atom is 0.349 e. The molecule has 1 unspecified atom stereocenters. The first-order valence-electron chi connectivity index (χ1n) is 7.93. The number of fused-ring (bicyclic) bond motifs is 2. The molecule has 3 rings (SSSR count). The van der Waals surface area contributed by atoms with E-state index in [1.807, 2.05) is 12.1 Å². The van der Waals surface area contributed by atoms with Gasteiger partial charge in [-0.05, 0) is 48.9 Å².